The van der Waals surface area contributed by atoms with Crippen molar-refractivity contribution in [1.29, 1.82) is 0 Å². The second-order valence-electron chi connectivity index (χ2n) is 4.07. The number of fused-ring (bicyclic) bond motifs is 1. The van der Waals surface area contributed by atoms with Crippen LogP contribution in [0.15, 0.2) is 36.4 Å². The van der Waals surface area contributed by atoms with Crippen LogP contribution in [0, 0.1) is 0 Å². The normalized spacial score (nSPS) is 13.4. The van der Waals surface area contributed by atoms with Crippen LogP contribution >= 0.6 is 0 Å². The summed E-state index contributed by atoms with van der Waals surface area (Å²) in [7, 11) is 0. The van der Waals surface area contributed by atoms with Gasteiger partial charge in [-0.1, -0.05) is 18.7 Å². The molecule has 0 saturated heterocycles. The van der Waals surface area contributed by atoms with E-state index < -0.39 is 17.8 Å². The average molecular weight is 259 g/mol. The largest absolute Gasteiger partial charge is 0.463 e. The zero-order chi connectivity index (χ0) is 14.0. The number of ether oxygens (including phenoxy) is 1. The average Bonchev–Trinajstić information content (AvgIpc) is 2.65. The van der Waals surface area contributed by atoms with E-state index in [-0.39, 0.29) is 18.7 Å². The first-order chi connectivity index (χ1) is 9.06. The molecule has 5 heteroatoms. The summed E-state index contributed by atoms with van der Waals surface area (Å²) in [6.07, 6.45) is 0. The maximum Gasteiger partial charge on any atom is 0.335 e. The minimum absolute atomic E-state index is 0.0800. The predicted molar refractivity (Wildman–Crippen MR) is 67.6 cm³/mol. The Labute approximate surface area is 110 Å². The van der Waals surface area contributed by atoms with Gasteiger partial charge in [-0.3, -0.25) is 14.5 Å². The molecule has 0 fully saturated rings. The molecule has 0 radical (unpaired) electrons. The van der Waals surface area contributed by atoms with Crippen LogP contribution < -0.4 is 0 Å². The number of hydrogen-bond donors (Lipinski definition) is 0. The summed E-state index contributed by atoms with van der Waals surface area (Å²) in [4.78, 5) is 36.5. The van der Waals surface area contributed by atoms with Crippen molar-refractivity contribution in [3.05, 3.63) is 47.5 Å². The standard InChI is InChI=1S/C14H13NO4/c1-3-19-14(18)9(2)8-15-12(16)10-6-4-5-7-11(10)13(15)17/h4-7H,2-3,8H2,1H3. The minimum Gasteiger partial charge on any atom is -0.463 e. The zero-order valence-corrected chi connectivity index (χ0v) is 10.5. The quantitative estimate of drug-likeness (QED) is 0.466. The molecule has 1 aliphatic heterocycles. The van der Waals surface area contributed by atoms with Crippen LogP contribution in [0.3, 0.4) is 0 Å². The lowest BCUT2D eigenvalue weighted by molar-refractivity contribution is -0.138. The third kappa shape index (κ3) is 2.27. The van der Waals surface area contributed by atoms with Gasteiger partial charge in [-0.05, 0) is 19.1 Å². The van der Waals surface area contributed by atoms with E-state index in [1.165, 1.54) is 0 Å². The van der Waals surface area contributed by atoms with Crippen LogP contribution in [-0.4, -0.2) is 35.8 Å². The molecule has 0 N–H and O–H groups in total. The third-order valence-corrected chi connectivity index (χ3v) is 2.79. The van der Waals surface area contributed by atoms with Crippen molar-refractivity contribution in [3.8, 4) is 0 Å². The highest BCUT2D eigenvalue weighted by Crippen LogP contribution is 2.23. The summed E-state index contributed by atoms with van der Waals surface area (Å²) in [6, 6.07) is 6.55. The van der Waals surface area contributed by atoms with Gasteiger partial charge in [0.1, 0.15) is 0 Å². The lowest BCUT2D eigenvalue weighted by atomic mass is 10.1. The number of hydrogen-bond acceptors (Lipinski definition) is 4. The van der Waals surface area contributed by atoms with Crippen LogP contribution in [0.25, 0.3) is 0 Å². The molecule has 5 nitrogen and oxygen atoms in total. The van der Waals surface area contributed by atoms with Gasteiger partial charge in [0.2, 0.25) is 0 Å². The van der Waals surface area contributed by atoms with Crippen molar-refractivity contribution in [1.82, 2.24) is 4.90 Å². The molecule has 1 heterocycles. The third-order valence-electron chi connectivity index (χ3n) is 2.79. The number of carbonyl (C=O) groups excluding carboxylic acids is 3. The summed E-state index contributed by atoms with van der Waals surface area (Å²) < 4.78 is 4.77. The van der Waals surface area contributed by atoms with Gasteiger partial charge in [-0.15, -0.1) is 0 Å². The molecule has 0 aliphatic carbocycles. The Balaban J connectivity index is 2.17. The highest BCUT2D eigenvalue weighted by Gasteiger charge is 2.35. The maximum atomic E-state index is 12.0. The summed E-state index contributed by atoms with van der Waals surface area (Å²) in [5.74, 6) is -1.42. The number of imide groups is 1. The molecule has 0 aromatic heterocycles. The molecule has 19 heavy (non-hydrogen) atoms. The van der Waals surface area contributed by atoms with Crippen molar-refractivity contribution >= 4 is 17.8 Å². The highest BCUT2D eigenvalue weighted by molar-refractivity contribution is 6.21. The fraction of sp³-hybridized carbons (Fsp3) is 0.214. The van der Waals surface area contributed by atoms with Crippen molar-refractivity contribution in [2.75, 3.05) is 13.2 Å². The van der Waals surface area contributed by atoms with Gasteiger partial charge in [0.15, 0.2) is 0 Å². The van der Waals surface area contributed by atoms with E-state index in [4.69, 9.17) is 4.74 Å². The fourth-order valence-corrected chi connectivity index (χ4v) is 1.87. The van der Waals surface area contributed by atoms with E-state index in [2.05, 4.69) is 6.58 Å². The number of rotatable bonds is 4. The molecule has 0 bridgehead atoms. The Morgan fingerprint density at radius 1 is 1.21 bits per heavy atom. The van der Waals surface area contributed by atoms with Crippen molar-refractivity contribution in [2.45, 2.75) is 6.92 Å². The lowest BCUT2D eigenvalue weighted by Crippen LogP contribution is -2.33. The van der Waals surface area contributed by atoms with E-state index >= 15 is 0 Å². The summed E-state index contributed by atoms with van der Waals surface area (Å²) >= 11 is 0. The van der Waals surface area contributed by atoms with Gasteiger partial charge >= 0.3 is 5.97 Å². The van der Waals surface area contributed by atoms with Gasteiger partial charge in [0, 0.05) is 5.57 Å². The maximum absolute atomic E-state index is 12.0. The van der Waals surface area contributed by atoms with Crippen LogP contribution in [0.5, 0.6) is 0 Å². The van der Waals surface area contributed by atoms with E-state index in [1.807, 2.05) is 0 Å². The van der Waals surface area contributed by atoms with Gasteiger partial charge in [-0.25, -0.2) is 4.79 Å². The van der Waals surface area contributed by atoms with E-state index in [0.29, 0.717) is 11.1 Å². The number of esters is 1. The predicted octanol–water partition coefficient (Wildman–Crippen LogP) is 1.40. The SMILES string of the molecule is C=C(CN1C(=O)c2ccccc2C1=O)C(=O)OCC. The monoisotopic (exact) mass is 259 g/mol. The molecular weight excluding hydrogens is 246 g/mol. The smallest absolute Gasteiger partial charge is 0.335 e. The lowest BCUT2D eigenvalue weighted by Gasteiger charge is -2.14. The second-order valence-corrected chi connectivity index (χ2v) is 4.07. The van der Waals surface area contributed by atoms with Crippen molar-refractivity contribution in [2.24, 2.45) is 0 Å². The fourth-order valence-electron chi connectivity index (χ4n) is 1.87. The van der Waals surface area contributed by atoms with Crippen molar-refractivity contribution < 1.29 is 19.1 Å². The van der Waals surface area contributed by atoms with Gasteiger partial charge < -0.3 is 4.74 Å². The first-order valence-corrected chi connectivity index (χ1v) is 5.86. The molecule has 0 atom stereocenters. The Morgan fingerprint density at radius 3 is 2.21 bits per heavy atom. The summed E-state index contributed by atoms with van der Waals surface area (Å²) in [5.41, 5.74) is 0.782. The Morgan fingerprint density at radius 2 is 1.74 bits per heavy atom. The molecule has 1 aromatic carbocycles. The minimum atomic E-state index is -0.598. The number of benzene rings is 1. The first kappa shape index (κ1) is 13.0. The topological polar surface area (TPSA) is 63.7 Å². The van der Waals surface area contributed by atoms with Gasteiger partial charge in [0.25, 0.3) is 11.8 Å². The summed E-state index contributed by atoms with van der Waals surface area (Å²) in [6.45, 7) is 5.30. The molecule has 0 spiro atoms. The van der Waals surface area contributed by atoms with E-state index in [9.17, 15) is 14.4 Å². The molecule has 2 amide bonds. The molecule has 2 rings (SSSR count). The molecule has 1 aromatic rings. The molecule has 0 unspecified atom stereocenters. The van der Waals surface area contributed by atoms with Gasteiger partial charge in [-0.2, -0.15) is 0 Å². The molecule has 0 saturated carbocycles. The number of carbonyl (C=O) groups is 3. The molecule has 1 aliphatic rings. The second kappa shape index (κ2) is 5.06. The molecular formula is C14H13NO4. The highest BCUT2D eigenvalue weighted by atomic mass is 16.5. The van der Waals surface area contributed by atoms with Crippen LogP contribution in [0.1, 0.15) is 27.6 Å². The number of amides is 2. The van der Waals surface area contributed by atoms with Crippen LogP contribution in [-0.2, 0) is 9.53 Å². The summed E-state index contributed by atoms with van der Waals surface area (Å²) in [5, 5.41) is 0. The Hall–Kier alpha value is -2.43. The van der Waals surface area contributed by atoms with Crippen LogP contribution in [0.4, 0.5) is 0 Å². The van der Waals surface area contributed by atoms with Gasteiger partial charge in [0.05, 0.1) is 24.3 Å². The zero-order valence-electron chi connectivity index (χ0n) is 10.5. The first-order valence-electron chi connectivity index (χ1n) is 5.86. The Bertz CT molecular complexity index is 542. The van der Waals surface area contributed by atoms with E-state index in [1.54, 1.807) is 31.2 Å². The Kier molecular flexibility index (Phi) is 3.46. The van der Waals surface area contributed by atoms with Crippen LogP contribution in [0.2, 0.25) is 0 Å². The van der Waals surface area contributed by atoms with Crippen molar-refractivity contribution in [3.63, 3.8) is 0 Å². The van der Waals surface area contributed by atoms with E-state index in [0.717, 1.165) is 4.90 Å². The number of nitrogens with zero attached hydrogens (tertiary/aromatic N) is 1. The molecule has 98 valence electrons.